The second-order valence-corrected chi connectivity index (χ2v) is 5.45. The van der Waals surface area contributed by atoms with Gasteiger partial charge in [-0.3, -0.25) is 4.98 Å². The van der Waals surface area contributed by atoms with E-state index in [-0.39, 0.29) is 0 Å². The molecule has 5 heteroatoms. The van der Waals surface area contributed by atoms with Crippen LogP contribution in [0.2, 0.25) is 0 Å². The summed E-state index contributed by atoms with van der Waals surface area (Å²) in [5, 5.41) is 3.29. The maximum absolute atomic E-state index is 4.66. The van der Waals surface area contributed by atoms with Crippen LogP contribution in [0, 0.1) is 6.92 Å². The fourth-order valence-electron chi connectivity index (χ4n) is 2.60. The quantitative estimate of drug-likeness (QED) is 0.935. The minimum absolute atomic E-state index is 0.691. The second kappa shape index (κ2) is 6.52. The van der Waals surface area contributed by atoms with Gasteiger partial charge in [-0.1, -0.05) is 6.07 Å². The largest absolute Gasteiger partial charge is 0.356 e. The Hall–Kier alpha value is -2.17. The fraction of sp³-hybridized carbons (Fsp3) is 0.438. The molecule has 0 amide bonds. The van der Waals surface area contributed by atoms with Crippen LogP contribution in [-0.2, 0) is 6.54 Å². The van der Waals surface area contributed by atoms with E-state index < -0.39 is 0 Å². The molecule has 1 aliphatic heterocycles. The molecule has 21 heavy (non-hydrogen) atoms. The van der Waals surface area contributed by atoms with Gasteiger partial charge in [-0.2, -0.15) is 4.98 Å². The number of aromatic nitrogens is 3. The van der Waals surface area contributed by atoms with Crippen LogP contribution in [-0.4, -0.2) is 28.0 Å². The maximum atomic E-state index is 4.66. The van der Waals surface area contributed by atoms with E-state index in [4.69, 9.17) is 0 Å². The summed E-state index contributed by atoms with van der Waals surface area (Å²) in [6.07, 6.45) is 7.46. The van der Waals surface area contributed by atoms with Gasteiger partial charge >= 0.3 is 0 Å². The maximum Gasteiger partial charge on any atom is 0.225 e. The van der Waals surface area contributed by atoms with E-state index in [9.17, 15) is 0 Å². The molecular formula is C16H21N5. The number of aryl methyl sites for hydroxylation is 1. The third kappa shape index (κ3) is 3.68. The van der Waals surface area contributed by atoms with Crippen molar-refractivity contribution >= 4 is 11.8 Å². The molecule has 5 nitrogen and oxygen atoms in total. The van der Waals surface area contributed by atoms with Crippen molar-refractivity contribution in [3.8, 4) is 0 Å². The summed E-state index contributed by atoms with van der Waals surface area (Å²) in [5.74, 6) is 1.73. The summed E-state index contributed by atoms with van der Waals surface area (Å²) in [6, 6.07) is 6.05. The first kappa shape index (κ1) is 13.8. The number of rotatable bonds is 4. The zero-order valence-electron chi connectivity index (χ0n) is 12.4. The van der Waals surface area contributed by atoms with E-state index in [1.54, 1.807) is 6.20 Å². The minimum Gasteiger partial charge on any atom is -0.356 e. The highest BCUT2D eigenvalue weighted by Crippen LogP contribution is 2.19. The summed E-state index contributed by atoms with van der Waals surface area (Å²) in [5.41, 5.74) is 2.13. The van der Waals surface area contributed by atoms with Gasteiger partial charge in [0, 0.05) is 43.8 Å². The molecular weight excluding hydrogens is 262 g/mol. The number of hydrogen-bond donors (Lipinski definition) is 1. The van der Waals surface area contributed by atoms with Crippen LogP contribution in [0.1, 0.15) is 30.5 Å². The predicted molar refractivity (Wildman–Crippen MR) is 84.4 cm³/mol. The lowest BCUT2D eigenvalue weighted by molar-refractivity contribution is 0.573. The molecule has 2 aromatic heterocycles. The second-order valence-electron chi connectivity index (χ2n) is 5.45. The molecule has 0 aromatic carbocycles. The van der Waals surface area contributed by atoms with Gasteiger partial charge in [0.2, 0.25) is 5.95 Å². The Morgan fingerprint density at radius 2 is 2.05 bits per heavy atom. The van der Waals surface area contributed by atoms with E-state index in [0.29, 0.717) is 12.5 Å². The van der Waals surface area contributed by atoms with Crippen molar-refractivity contribution in [3.05, 3.63) is 41.9 Å². The lowest BCUT2D eigenvalue weighted by Crippen LogP contribution is -2.30. The third-order valence-electron chi connectivity index (χ3n) is 3.69. The molecule has 0 saturated carbocycles. The lowest BCUT2D eigenvalue weighted by Gasteiger charge is -2.28. The zero-order valence-corrected chi connectivity index (χ0v) is 12.4. The molecule has 2 aromatic rings. The van der Waals surface area contributed by atoms with Crippen molar-refractivity contribution in [1.29, 1.82) is 0 Å². The SMILES string of the molecule is Cc1cc(N2CCCCC2)nc(NCc2cccnc2)n1. The summed E-state index contributed by atoms with van der Waals surface area (Å²) in [6.45, 7) is 4.90. The molecule has 1 aliphatic rings. The number of nitrogens with zero attached hydrogens (tertiary/aromatic N) is 4. The Kier molecular flexibility index (Phi) is 4.28. The summed E-state index contributed by atoms with van der Waals surface area (Å²) in [4.78, 5) is 15.6. The van der Waals surface area contributed by atoms with Crippen molar-refractivity contribution in [3.63, 3.8) is 0 Å². The Morgan fingerprint density at radius 3 is 2.81 bits per heavy atom. The van der Waals surface area contributed by atoms with Gasteiger partial charge in [-0.25, -0.2) is 4.98 Å². The van der Waals surface area contributed by atoms with Gasteiger partial charge in [-0.05, 0) is 37.8 Å². The molecule has 1 saturated heterocycles. The average molecular weight is 283 g/mol. The first-order valence-corrected chi connectivity index (χ1v) is 7.55. The summed E-state index contributed by atoms with van der Waals surface area (Å²) >= 11 is 0. The van der Waals surface area contributed by atoms with E-state index in [1.807, 2.05) is 25.3 Å². The molecule has 3 heterocycles. The molecule has 0 aliphatic carbocycles. The van der Waals surface area contributed by atoms with Crippen LogP contribution < -0.4 is 10.2 Å². The molecule has 0 spiro atoms. The van der Waals surface area contributed by atoms with Gasteiger partial charge < -0.3 is 10.2 Å². The fourth-order valence-corrected chi connectivity index (χ4v) is 2.60. The minimum atomic E-state index is 0.691. The molecule has 1 N–H and O–H groups in total. The van der Waals surface area contributed by atoms with Crippen molar-refractivity contribution in [2.75, 3.05) is 23.3 Å². The Labute approximate surface area is 125 Å². The van der Waals surface area contributed by atoms with E-state index in [2.05, 4.69) is 31.2 Å². The normalized spacial score (nSPS) is 15.0. The Bertz CT molecular complexity index is 578. The monoisotopic (exact) mass is 283 g/mol. The van der Waals surface area contributed by atoms with Crippen LogP contribution in [0.25, 0.3) is 0 Å². The smallest absolute Gasteiger partial charge is 0.225 e. The third-order valence-corrected chi connectivity index (χ3v) is 3.69. The van der Waals surface area contributed by atoms with Crippen LogP contribution in [0.5, 0.6) is 0 Å². The van der Waals surface area contributed by atoms with Gasteiger partial charge in [0.15, 0.2) is 0 Å². The van der Waals surface area contributed by atoms with Crippen LogP contribution in [0.15, 0.2) is 30.6 Å². The van der Waals surface area contributed by atoms with Crippen molar-refractivity contribution in [2.45, 2.75) is 32.7 Å². The highest BCUT2D eigenvalue weighted by atomic mass is 15.2. The van der Waals surface area contributed by atoms with Gasteiger partial charge in [-0.15, -0.1) is 0 Å². The topological polar surface area (TPSA) is 53.9 Å². The number of piperidine rings is 1. The Morgan fingerprint density at radius 1 is 1.19 bits per heavy atom. The van der Waals surface area contributed by atoms with Gasteiger partial charge in [0.1, 0.15) is 5.82 Å². The molecule has 110 valence electrons. The molecule has 0 atom stereocenters. The average Bonchev–Trinajstić information content (AvgIpc) is 2.54. The van der Waals surface area contributed by atoms with Crippen molar-refractivity contribution < 1.29 is 0 Å². The molecule has 0 unspecified atom stereocenters. The summed E-state index contributed by atoms with van der Waals surface area (Å²) in [7, 11) is 0. The highest BCUT2D eigenvalue weighted by molar-refractivity contribution is 5.45. The first-order valence-electron chi connectivity index (χ1n) is 7.55. The standard InChI is InChI=1S/C16H21N5/c1-13-10-15(21-8-3-2-4-9-21)20-16(19-13)18-12-14-6-5-7-17-11-14/h5-7,10-11H,2-4,8-9,12H2,1H3,(H,18,19,20). The zero-order chi connectivity index (χ0) is 14.5. The lowest BCUT2D eigenvalue weighted by atomic mass is 10.1. The number of nitrogens with one attached hydrogen (secondary N) is 1. The highest BCUT2D eigenvalue weighted by Gasteiger charge is 2.13. The first-order chi connectivity index (χ1) is 10.3. The molecule has 0 radical (unpaired) electrons. The molecule has 3 rings (SSSR count). The number of pyridine rings is 1. The van der Waals surface area contributed by atoms with Crippen LogP contribution in [0.4, 0.5) is 11.8 Å². The number of hydrogen-bond acceptors (Lipinski definition) is 5. The van der Waals surface area contributed by atoms with Gasteiger partial charge in [0.05, 0.1) is 0 Å². The predicted octanol–water partition coefficient (Wildman–Crippen LogP) is 2.78. The van der Waals surface area contributed by atoms with Crippen molar-refractivity contribution in [1.82, 2.24) is 15.0 Å². The summed E-state index contributed by atoms with van der Waals surface area (Å²) < 4.78 is 0. The van der Waals surface area contributed by atoms with Gasteiger partial charge in [0.25, 0.3) is 0 Å². The molecule has 1 fully saturated rings. The molecule has 0 bridgehead atoms. The van der Waals surface area contributed by atoms with Crippen LogP contribution in [0.3, 0.4) is 0 Å². The van der Waals surface area contributed by atoms with E-state index in [1.165, 1.54) is 19.3 Å². The van der Waals surface area contributed by atoms with E-state index in [0.717, 1.165) is 30.2 Å². The van der Waals surface area contributed by atoms with Crippen LogP contribution >= 0.6 is 0 Å². The van der Waals surface area contributed by atoms with E-state index >= 15 is 0 Å². The number of anilines is 2. The Balaban J connectivity index is 1.71. The van der Waals surface area contributed by atoms with Crippen molar-refractivity contribution in [2.24, 2.45) is 0 Å².